The molecule has 1 aromatic rings. The number of hydrogen-bond donors (Lipinski definition) is 0. The first-order valence-electron chi connectivity index (χ1n) is 6.51. The Labute approximate surface area is 107 Å². The van der Waals surface area contributed by atoms with Gasteiger partial charge in [-0.2, -0.15) is 0 Å². The molecule has 2 heteroatoms. The fourth-order valence-corrected chi connectivity index (χ4v) is 3.69. The fraction of sp³-hybridized carbons (Fsp3) is 0.375. The molecule has 0 aromatic heterocycles. The van der Waals surface area contributed by atoms with E-state index in [2.05, 4.69) is 24.3 Å². The largest absolute Gasteiger partial charge is 0.346 e. The normalized spacial score (nSPS) is 36.5. The molecule has 1 fully saturated rings. The molecule has 4 rings (SSSR count). The van der Waals surface area contributed by atoms with Crippen LogP contribution in [0.2, 0.25) is 0 Å². The van der Waals surface area contributed by atoms with Crippen molar-refractivity contribution in [1.82, 2.24) is 0 Å². The molecule has 3 aliphatic rings. The second kappa shape index (κ2) is 3.56. The molecule has 0 radical (unpaired) electrons. The predicted molar refractivity (Wildman–Crippen MR) is 68.8 cm³/mol. The SMILES string of the molecule is COC1(c2ccccc2)OCC2C1=C1C=CC2C1. The van der Waals surface area contributed by atoms with Gasteiger partial charge < -0.3 is 9.47 Å². The lowest BCUT2D eigenvalue weighted by atomic mass is 9.85. The Kier molecular flexibility index (Phi) is 2.08. The number of fused-ring (bicyclic) bond motifs is 4. The summed E-state index contributed by atoms with van der Waals surface area (Å²) in [6.45, 7) is 0.774. The highest BCUT2D eigenvalue weighted by Gasteiger charge is 2.54. The van der Waals surface area contributed by atoms with Crippen molar-refractivity contribution in [2.75, 3.05) is 13.7 Å². The Morgan fingerprint density at radius 3 is 2.89 bits per heavy atom. The molecule has 1 aromatic carbocycles. The lowest BCUT2D eigenvalue weighted by Gasteiger charge is -2.30. The number of hydrogen-bond acceptors (Lipinski definition) is 2. The average molecular weight is 240 g/mol. The second-order valence-corrected chi connectivity index (χ2v) is 5.27. The van der Waals surface area contributed by atoms with E-state index in [1.807, 2.05) is 18.2 Å². The van der Waals surface area contributed by atoms with Crippen LogP contribution in [0.25, 0.3) is 0 Å². The van der Waals surface area contributed by atoms with Crippen molar-refractivity contribution in [2.45, 2.75) is 12.2 Å². The monoisotopic (exact) mass is 240 g/mol. The summed E-state index contributed by atoms with van der Waals surface area (Å²) in [7, 11) is 1.75. The summed E-state index contributed by atoms with van der Waals surface area (Å²) < 4.78 is 11.9. The molecular formula is C16H16O2. The van der Waals surface area contributed by atoms with Gasteiger partial charge in [0.25, 0.3) is 0 Å². The Morgan fingerprint density at radius 1 is 1.28 bits per heavy atom. The summed E-state index contributed by atoms with van der Waals surface area (Å²) in [6, 6.07) is 10.3. The average Bonchev–Trinajstić information content (AvgIpc) is 3.12. The summed E-state index contributed by atoms with van der Waals surface area (Å²) >= 11 is 0. The van der Waals surface area contributed by atoms with Gasteiger partial charge in [0, 0.05) is 24.2 Å². The molecule has 1 aliphatic heterocycles. The molecule has 0 spiro atoms. The maximum Gasteiger partial charge on any atom is 0.218 e. The Bertz CT molecular complexity index is 543. The van der Waals surface area contributed by atoms with Gasteiger partial charge in [-0.3, -0.25) is 0 Å². The molecule has 1 saturated heterocycles. The minimum atomic E-state index is -0.638. The van der Waals surface area contributed by atoms with Crippen molar-refractivity contribution < 1.29 is 9.47 Å². The van der Waals surface area contributed by atoms with Crippen LogP contribution in [0.3, 0.4) is 0 Å². The molecule has 18 heavy (non-hydrogen) atoms. The Morgan fingerprint density at radius 2 is 2.11 bits per heavy atom. The molecule has 0 saturated carbocycles. The summed E-state index contributed by atoms with van der Waals surface area (Å²) in [5.74, 6) is 0.515. The second-order valence-electron chi connectivity index (χ2n) is 5.27. The number of ether oxygens (including phenoxy) is 2. The first kappa shape index (κ1) is 10.5. The van der Waals surface area contributed by atoms with E-state index in [1.54, 1.807) is 7.11 Å². The van der Waals surface area contributed by atoms with Gasteiger partial charge in [-0.25, -0.2) is 0 Å². The van der Waals surface area contributed by atoms with Crippen LogP contribution in [-0.2, 0) is 15.3 Å². The zero-order valence-corrected chi connectivity index (χ0v) is 10.4. The maximum atomic E-state index is 6.10. The smallest absolute Gasteiger partial charge is 0.218 e. The molecule has 92 valence electrons. The maximum absolute atomic E-state index is 6.10. The summed E-state index contributed by atoms with van der Waals surface area (Å²) in [4.78, 5) is 0. The van der Waals surface area contributed by atoms with Gasteiger partial charge >= 0.3 is 0 Å². The molecule has 2 bridgehead atoms. The van der Waals surface area contributed by atoms with Crippen molar-refractivity contribution >= 4 is 0 Å². The third-order valence-corrected chi connectivity index (χ3v) is 4.50. The molecule has 0 amide bonds. The predicted octanol–water partition coefficient (Wildman–Crippen LogP) is 3.02. The van der Waals surface area contributed by atoms with Crippen molar-refractivity contribution in [2.24, 2.45) is 11.8 Å². The van der Waals surface area contributed by atoms with Crippen LogP contribution in [0.1, 0.15) is 12.0 Å². The van der Waals surface area contributed by atoms with E-state index in [4.69, 9.17) is 9.47 Å². The van der Waals surface area contributed by atoms with E-state index >= 15 is 0 Å². The zero-order valence-electron chi connectivity index (χ0n) is 10.4. The van der Waals surface area contributed by atoms with Gasteiger partial charge in [0.05, 0.1) is 6.61 Å². The lowest BCUT2D eigenvalue weighted by molar-refractivity contribution is -0.180. The summed E-state index contributed by atoms with van der Waals surface area (Å²) in [5, 5.41) is 0. The zero-order chi connectivity index (χ0) is 12.2. The number of rotatable bonds is 2. The van der Waals surface area contributed by atoms with Crippen LogP contribution in [0, 0.1) is 11.8 Å². The fourth-order valence-electron chi connectivity index (χ4n) is 3.69. The van der Waals surface area contributed by atoms with Crippen molar-refractivity contribution in [3.8, 4) is 0 Å². The Balaban J connectivity index is 1.90. The van der Waals surface area contributed by atoms with Gasteiger partial charge in [0.2, 0.25) is 5.79 Å². The number of benzene rings is 1. The van der Waals surface area contributed by atoms with E-state index in [1.165, 1.54) is 17.6 Å². The summed E-state index contributed by atoms with van der Waals surface area (Å²) in [6.07, 6.45) is 5.74. The first-order chi connectivity index (χ1) is 8.85. The van der Waals surface area contributed by atoms with Crippen LogP contribution in [0.15, 0.2) is 53.6 Å². The molecule has 3 atom stereocenters. The first-order valence-corrected chi connectivity index (χ1v) is 6.51. The molecule has 3 unspecified atom stereocenters. The van der Waals surface area contributed by atoms with E-state index in [-0.39, 0.29) is 0 Å². The highest BCUT2D eigenvalue weighted by Crippen LogP contribution is 2.56. The summed E-state index contributed by atoms with van der Waals surface area (Å²) in [5.41, 5.74) is 3.90. The van der Waals surface area contributed by atoms with Crippen LogP contribution in [-0.4, -0.2) is 13.7 Å². The molecule has 0 N–H and O–H groups in total. The van der Waals surface area contributed by atoms with Gasteiger partial charge in [0.1, 0.15) is 0 Å². The van der Waals surface area contributed by atoms with E-state index < -0.39 is 5.79 Å². The highest BCUT2D eigenvalue weighted by atomic mass is 16.7. The van der Waals surface area contributed by atoms with Crippen LogP contribution < -0.4 is 0 Å². The van der Waals surface area contributed by atoms with E-state index in [0.717, 1.165) is 12.2 Å². The minimum absolute atomic E-state index is 0.519. The molecule has 2 aliphatic carbocycles. The molecule has 1 heterocycles. The van der Waals surface area contributed by atoms with Gasteiger partial charge in [-0.05, 0) is 17.9 Å². The van der Waals surface area contributed by atoms with Crippen molar-refractivity contribution in [3.05, 3.63) is 59.2 Å². The van der Waals surface area contributed by atoms with Crippen LogP contribution in [0.5, 0.6) is 0 Å². The van der Waals surface area contributed by atoms with Gasteiger partial charge in [-0.1, -0.05) is 42.5 Å². The van der Waals surface area contributed by atoms with Gasteiger partial charge in [0.15, 0.2) is 0 Å². The van der Waals surface area contributed by atoms with Gasteiger partial charge in [-0.15, -0.1) is 0 Å². The molecule has 2 nitrogen and oxygen atoms in total. The van der Waals surface area contributed by atoms with Crippen molar-refractivity contribution in [3.63, 3.8) is 0 Å². The van der Waals surface area contributed by atoms with Crippen molar-refractivity contribution in [1.29, 1.82) is 0 Å². The number of allylic oxidation sites excluding steroid dienone is 3. The van der Waals surface area contributed by atoms with E-state index in [9.17, 15) is 0 Å². The minimum Gasteiger partial charge on any atom is -0.346 e. The Hall–Kier alpha value is -1.38. The number of methoxy groups -OCH3 is 1. The third kappa shape index (κ3) is 1.15. The lowest BCUT2D eigenvalue weighted by Crippen LogP contribution is -2.30. The topological polar surface area (TPSA) is 18.5 Å². The standard InChI is InChI=1S/C16H16O2/c1-17-16(13-5-3-2-4-6-13)15-12-8-7-11(9-12)14(15)10-18-16/h2-8,11,14H,9-10H2,1H3. The van der Waals surface area contributed by atoms with Crippen LogP contribution >= 0.6 is 0 Å². The van der Waals surface area contributed by atoms with Crippen LogP contribution in [0.4, 0.5) is 0 Å². The molecular weight excluding hydrogens is 224 g/mol. The van der Waals surface area contributed by atoms with E-state index in [0.29, 0.717) is 11.8 Å². The highest BCUT2D eigenvalue weighted by molar-refractivity contribution is 5.48. The quantitative estimate of drug-likeness (QED) is 0.791. The third-order valence-electron chi connectivity index (χ3n) is 4.50.